The highest BCUT2D eigenvalue weighted by Crippen LogP contribution is 2.24. The van der Waals surface area contributed by atoms with Crippen molar-refractivity contribution in [3.63, 3.8) is 0 Å². The number of halogens is 1. The molecule has 0 aliphatic heterocycles. The van der Waals surface area contributed by atoms with Crippen LogP contribution in [0.4, 0.5) is 4.39 Å². The average molecular weight is 270 g/mol. The van der Waals surface area contributed by atoms with E-state index in [1.807, 2.05) is 31.2 Å². The Hall–Kier alpha value is -2.38. The highest BCUT2D eigenvalue weighted by molar-refractivity contribution is 5.37. The highest BCUT2D eigenvalue weighted by atomic mass is 19.1. The Morgan fingerprint density at radius 3 is 2.75 bits per heavy atom. The second-order valence-corrected chi connectivity index (χ2v) is 4.53. The van der Waals surface area contributed by atoms with Gasteiger partial charge in [0.2, 0.25) is 0 Å². The molecule has 0 heterocycles. The molecule has 2 rings (SSSR count). The Labute approximate surface area is 117 Å². The summed E-state index contributed by atoms with van der Waals surface area (Å²) in [6.07, 6.45) is 0. The van der Waals surface area contributed by atoms with Crippen molar-refractivity contribution in [2.24, 2.45) is 5.73 Å². The predicted octanol–water partition coefficient (Wildman–Crippen LogP) is 3.30. The zero-order chi connectivity index (χ0) is 14.5. The van der Waals surface area contributed by atoms with Gasteiger partial charge in [-0.15, -0.1) is 0 Å². The first-order valence-corrected chi connectivity index (χ1v) is 6.27. The monoisotopic (exact) mass is 270 g/mol. The number of rotatable bonds is 4. The maximum atomic E-state index is 13.7. The van der Waals surface area contributed by atoms with Gasteiger partial charge in [-0.3, -0.25) is 0 Å². The van der Waals surface area contributed by atoms with Crippen LogP contribution in [-0.2, 0) is 6.61 Å². The molecule has 0 radical (unpaired) electrons. The van der Waals surface area contributed by atoms with Crippen molar-refractivity contribution in [1.29, 1.82) is 5.26 Å². The van der Waals surface area contributed by atoms with Crippen LogP contribution in [0.1, 0.15) is 29.7 Å². The summed E-state index contributed by atoms with van der Waals surface area (Å²) >= 11 is 0. The van der Waals surface area contributed by atoms with E-state index in [0.29, 0.717) is 16.9 Å². The van der Waals surface area contributed by atoms with Gasteiger partial charge in [0.15, 0.2) is 0 Å². The SMILES string of the molecule is C[C@H](N)c1ccccc1OCc1cc(C#N)ccc1F. The van der Waals surface area contributed by atoms with E-state index >= 15 is 0 Å². The minimum absolute atomic E-state index is 0.0606. The lowest BCUT2D eigenvalue weighted by atomic mass is 10.1. The van der Waals surface area contributed by atoms with Crippen molar-refractivity contribution in [1.82, 2.24) is 0 Å². The van der Waals surface area contributed by atoms with Crippen LogP contribution in [0.2, 0.25) is 0 Å². The van der Waals surface area contributed by atoms with Gasteiger partial charge in [0.05, 0.1) is 11.6 Å². The molecule has 0 bridgehead atoms. The molecule has 0 unspecified atom stereocenters. The molecule has 0 saturated heterocycles. The van der Waals surface area contributed by atoms with Gasteiger partial charge < -0.3 is 10.5 Å². The molecule has 0 saturated carbocycles. The van der Waals surface area contributed by atoms with Gasteiger partial charge in [-0.1, -0.05) is 18.2 Å². The normalized spacial score (nSPS) is 11.7. The summed E-state index contributed by atoms with van der Waals surface area (Å²) in [5, 5.41) is 8.83. The molecule has 2 aromatic rings. The minimum Gasteiger partial charge on any atom is -0.488 e. The van der Waals surface area contributed by atoms with Gasteiger partial charge in [-0.05, 0) is 31.2 Å². The maximum absolute atomic E-state index is 13.7. The topological polar surface area (TPSA) is 59.0 Å². The van der Waals surface area contributed by atoms with E-state index in [1.54, 1.807) is 6.07 Å². The molecule has 2 N–H and O–H groups in total. The average Bonchev–Trinajstić information content (AvgIpc) is 2.46. The Kier molecular flexibility index (Phi) is 4.34. The van der Waals surface area contributed by atoms with Crippen LogP contribution in [0.25, 0.3) is 0 Å². The number of hydrogen-bond acceptors (Lipinski definition) is 3. The van der Waals surface area contributed by atoms with Crippen LogP contribution in [0, 0.1) is 17.1 Å². The molecule has 0 aromatic heterocycles. The van der Waals surface area contributed by atoms with Crippen LogP contribution in [0.3, 0.4) is 0 Å². The second-order valence-electron chi connectivity index (χ2n) is 4.53. The number of para-hydroxylation sites is 1. The number of ether oxygens (including phenoxy) is 1. The van der Waals surface area contributed by atoms with E-state index < -0.39 is 0 Å². The van der Waals surface area contributed by atoms with Gasteiger partial charge >= 0.3 is 0 Å². The van der Waals surface area contributed by atoms with E-state index in [0.717, 1.165) is 5.56 Å². The third kappa shape index (κ3) is 3.14. The third-order valence-corrected chi connectivity index (χ3v) is 2.97. The van der Waals surface area contributed by atoms with E-state index in [2.05, 4.69) is 0 Å². The second kappa shape index (κ2) is 6.18. The van der Waals surface area contributed by atoms with Crippen LogP contribution in [-0.4, -0.2) is 0 Å². The molecular formula is C16H15FN2O. The zero-order valence-corrected chi connectivity index (χ0v) is 11.1. The largest absolute Gasteiger partial charge is 0.488 e. The van der Waals surface area contributed by atoms with E-state index in [1.165, 1.54) is 18.2 Å². The fraction of sp³-hybridized carbons (Fsp3) is 0.188. The fourth-order valence-corrected chi connectivity index (χ4v) is 1.90. The van der Waals surface area contributed by atoms with Crippen molar-refractivity contribution < 1.29 is 9.13 Å². The summed E-state index contributed by atoms with van der Waals surface area (Å²) in [6, 6.07) is 13.4. The van der Waals surface area contributed by atoms with Gasteiger partial charge in [0.25, 0.3) is 0 Å². The van der Waals surface area contributed by atoms with Crippen LogP contribution in [0.5, 0.6) is 5.75 Å². The quantitative estimate of drug-likeness (QED) is 0.927. The number of hydrogen-bond donors (Lipinski definition) is 1. The van der Waals surface area contributed by atoms with Crippen molar-refractivity contribution >= 4 is 0 Å². The third-order valence-electron chi connectivity index (χ3n) is 2.97. The fourth-order valence-electron chi connectivity index (χ4n) is 1.90. The minimum atomic E-state index is -0.387. The number of benzene rings is 2. The summed E-state index contributed by atoms with van der Waals surface area (Å²) < 4.78 is 19.3. The van der Waals surface area contributed by atoms with Crippen molar-refractivity contribution in [2.75, 3.05) is 0 Å². The number of nitriles is 1. The Bertz CT molecular complexity index is 647. The first kappa shape index (κ1) is 14.0. The predicted molar refractivity (Wildman–Crippen MR) is 74.5 cm³/mol. The zero-order valence-electron chi connectivity index (χ0n) is 11.1. The van der Waals surface area contributed by atoms with Crippen molar-refractivity contribution in [3.05, 3.63) is 65.0 Å². The van der Waals surface area contributed by atoms with Gasteiger partial charge in [-0.2, -0.15) is 5.26 Å². The number of nitrogens with two attached hydrogens (primary N) is 1. The van der Waals surface area contributed by atoms with Gasteiger partial charge in [0.1, 0.15) is 18.2 Å². The van der Waals surface area contributed by atoms with Crippen LogP contribution in [0.15, 0.2) is 42.5 Å². The Morgan fingerprint density at radius 1 is 1.30 bits per heavy atom. The Balaban J connectivity index is 2.19. The van der Waals surface area contributed by atoms with E-state index in [-0.39, 0.29) is 18.5 Å². The Morgan fingerprint density at radius 2 is 2.05 bits per heavy atom. The lowest BCUT2D eigenvalue weighted by molar-refractivity contribution is 0.295. The summed E-state index contributed by atoms with van der Waals surface area (Å²) in [7, 11) is 0. The molecule has 0 spiro atoms. The molecule has 0 fully saturated rings. The summed E-state index contributed by atoms with van der Waals surface area (Å²) in [4.78, 5) is 0. The van der Waals surface area contributed by atoms with Crippen LogP contribution < -0.4 is 10.5 Å². The molecule has 20 heavy (non-hydrogen) atoms. The molecule has 0 aliphatic carbocycles. The molecular weight excluding hydrogens is 255 g/mol. The number of nitrogens with zero attached hydrogens (tertiary/aromatic N) is 1. The smallest absolute Gasteiger partial charge is 0.129 e. The van der Waals surface area contributed by atoms with Crippen molar-refractivity contribution in [2.45, 2.75) is 19.6 Å². The lowest BCUT2D eigenvalue weighted by Gasteiger charge is -2.14. The highest BCUT2D eigenvalue weighted by Gasteiger charge is 2.09. The standard InChI is InChI=1S/C16H15FN2O/c1-11(19)14-4-2-3-5-16(14)20-10-13-8-12(9-18)6-7-15(13)17/h2-8,11H,10,19H2,1H3/t11-/m0/s1. The van der Waals surface area contributed by atoms with E-state index in [9.17, 15) is 4.39 Å². The molecule has 102 valence electrons. The molecule has 2 aromatic carbocycles. The molecule has 1 atom stereocenters. The van der Waals surface area contributed by atoms with E-state index in [4.69, 9.17) is 15.7 Å². The molecule has 4 heteroatoms. The lowest BCUT2D eigenvalue weighted by Crippen LogP contribution is -2.08. The summed E-state index contributed by atoms with van der Waals surface area (Å²) in [6.45, 7) is 1.92. The molecule has 0 aliphatic rings. The summed E-state index contributed by atoms with van der Waals surface area (Å²) in [5.41, 5.74) is 7.49. The molecule has 3 nitrogen and oxygen atoms in total. The first-order chi connectivity index (χ1) is 9.61. The van der Waals surface area contributed by atoms with Crippen molar-refractivity contribution in [3.8, 4) is 11.8 Å². The molecule has 0 amide bonds. The summed E-state index contributed by atoms with van der Waals surface area (Å²) in [5.74, 6) is 0.242. The van der Waals surface area contributed by atoms with Crippen LogP contribution >= 0.6 is 0 Å². The maximum Gasteiger partial charge on any atom is 0.129 e. The van der Waals surface area contributed by atoms with Gasteiger partial charge in [-0.25, -0.2) is 4.39 Å². The van der Waals surface area contributed by atoms with Gasteiger partial charge in [0, 0.05) is 17.2 Å². The first-order valence-electron chi connectivity index (χ1n) is 6.27.